The Labute approximate surface area is 186 Å². The van der Waals surface area contributed by atoms with Crippen LogP contribution in [0.1, 0.15) is 65.4 Å². The maximum absolute atomic E-state index is 12.9. The monoisotopic (exact) mass is 435 g/mol. The standard InChI is InChI=1S/C20H29ClN2O2.C4H9N/c1-13(2)18(22-14(3)24)19(25)23-11-10-17(20(4,5)12-23)15-6-8-16(21)9-7-15;1-2-4-5-3-1/h6-9,13,17-18H,10-12H2,1-5H3,(H,22,24);5H,1-4H2. The molecule has 1 aromatic rings. The summed E-state index contributed by atoms with van der Waals surface area (Å²) >= 11 is 6.00. The minimum absolute atomic E-state index is 0.0211. The molecule has 2 atom stereocenters. The van der Waals surface area contributed by atoms with Crippen molar-refractivity contribution in [3.63, 3.8) is 0 Å². The molecular weight excluding hydrogens is 398 g/mol. The van der Waals surface area contributed by atoms with Gasteiger partial charge in [-0.1, -0.05) is 51.4 Å². The number of likely N-dealkylation sites (tertiary alicyclic amines) is 1. The van der Waals surface area contributed by atoms with E-state index in [1.807, 2.05) is 30.9 Å². The summed E-state index contributed by atoms with van der Waals surface area (Å²) in [7, 11) is 0. The van der Waals surface area contributed by atoms with Gasteiger partial charge in [-0.3, -0.25) is 9.59 Å². The quantitative estimate of drug-likeness (QED) is 0.744. The van der Waals surface area contributed by atoms with Crippen LogP contribution in [0.4, 0.5) is 0 Å². The molecule has 0 spiro atoms. The molecule has 0 aromatic heterocycles. The number of carbonyl (C=O) groups excluding carboxylic acids is 2. The van der Waals surface area contributed by atoms with Gasteiger partial charge in [-0.2, -0.15) is 0 Å². The molecule has 0 radical (unpaired) electrons. The first kappa shape index (κ1) is 24.7. The summed E-state index contributed by atoms with van der Waals surface area (Å²) in [6, 6.07) is 7.56. The van der Waals surface area contributed by atoms with Gasteiger partial charge in [0.2, 0.25) is 11.8 Å². The Bertz CT molecular complexity index is 691. The van der Waals surface area contributed by atoms with Crippen LogP contribution in [-0.4, -0.2) is 48.9 Å². The lowest BCUT2D eigenvalue weighted by atomic mass is 9.70. The van der Waals surface area contributed by atoms with Gasteiger partial charge < -0.3 is 15.5 Å². The first-order valence-corrected chi connectivity index (χ1v) is 11.5. The van der Waals surface area contributed by atoms with E-state index in [1.54, 1.807) is 0 Å². The van der Waals surface area contributed by atoms with Crippen LogP contribution in [0.25, 0.3) is 0 Å². The number of amides is 2. The molecule has 1 aromatic carbocycles. The third-order valence-corrected chi connectivity index (χ3v) is 6.31. The smallest absolute Gasteiger partial charge is 0.245 e. The Balaban J connectivity index is 0.000000558. The summed E-state index contributed by atoms with van der Waals surface area (Å²) in [5.41, 5.74) is 1.23. The zero-order chi connectivity index (χ0) is 22.3. The Morgan fingerprint density at radius 1 is 1.17 bits per heavy atom. The predicted octanol–water partition coefficient (Wildman–Crippen LogP) is 4.21. The first-order valence-electron chi connectivity index (χ1n) is 11.1. The molecule has 3 rings (SSSR count). The van der Waals surface area contributed by atoms with E-state index >= 15 is 0 Å². The SMILES string of the molecule is C1CCNC1.CC(=O)NC(C(=O)N1CCC(c2ccc(Cl)cc2)C(C)(C)C1)C(C)C. The number of piperidine rings is 1. The second-order valence-corrected chi connectivity index (χ2v) is 9.96. The lowest BCUT2D eigenvalue weighted by molar-refractivity contribution is -0.140. The van der Waals surface area contributed by atoms with E-state index in [-0.39, 0.29) is 23.1 Å². The fourth-order valence-corrected chi connectivity index (χ4v) is 4.54. The average molecular weight is 436 g/mol. The Kier molecular flexibility index (Phi) is 9.17. The number of benzene rings is 1. The van der Waals surface area contributed by atoms with Crippen LogP contribution in [0.15, 0.2) is 24.3 Å². The molecule has 30 heavy (non-hydrogen) atoms. The molecule has 6 heteroatoms. The summed E-state index contributed by atoms with van der Waals surface area (Å²) < 4.78 is 0. The number of halogens is 1. The highest BCUT2D eigenvalue weighted by Gasteiger charge is 2.40. The molecule has 2 heterocycles. The molecule has 2 amide bonds. The van der Waals surface area contributed by atoms with Crippen molar-refractivity contribution in [2.45, 2.75) is 65.8 Å². The highest BCUT2D eigenvalue weighted by Crippen LogP contribution is 2.42. The molecule has 5 nitrogen and oxygen atoms in total. The summed E-state index contributed by atoms with van der Waals surface area (Å²) in [6.07, 6.45) is 3.69. The number of hydrogen-bond donors (Lipinski definition) is 2. The molecule has 2 saturated heterocycles. The van der Waals surface area contributed by atoms with Gasteiger partial charge >= 0.3 is 0 Å². The van der Waals surface area contributed by atoms with E-state index in [1.165, 1.54) is 38.4 Å². The van der Waals surface area contributed by atoms with Crippen LogP contribution in [0.5, 0.6) is 0 Å². The second kappa shape index (κ2) is 11.1. The lowest BCUT2D eigenvalue weighted by Gasteiger charge is -2.45. The molecule has 0 saturated carbocycles. The van der Waals surface area contributed by atoms with Gasteiger partial charge in [0, 0.05) is 25.0 Å². The second-order valence-electron chi connectivity index (χ2n) is 9.52. The maximum Gasteiger partial charge on any atom is 0.245 e. The zero-order valence-corrected chi connectivity index (χ0v) is 19.9. The van der Waals surface area contributed by atoms with Crippen molar-refractivity contribution in [1.29, 1.82) is 0 Å². The van der Waals surface area contributed by atoms with Crippen LogP contribution in [-0.2, 0) is 9.59 Å². The normalized spacial score (nSPS) is 21.6. The van der Waals surface area contributed by atoms with Crippen LogP contribution in [0, 0.1) is 11.3 Å². The Morgan fingerprint density at radius 3 is 2.20 bits per heavy atom. The van der Waals surface area contributed by atoms with E-state index in [2.05, 4.69) is 36.6 Å². The predicted molar refractivity (Wildman–Crippen MR) is 124 cm³/mol. The summed E-state index contributed by atoms with van der Waals surface area (Å²) in [5, 5.41) is 6.77. The van der Waals surface area contributed by atoms with Crippen LogP contribution in [0.2, 0.25) is 5.02 Å². The number of nitrogens with one attached hydrogen (secondary N) is 2. The Hall–Kier alpha value is -1.59. The number of carbonyl (C=O) groups is 2. The lowest BCUT2D eigenvalue weighted by Crippen LogP contribution is -2.55. The minimum atomic E-state index is -0.458. The topological polar surface area (TPSA) is 61.4 Å². The highest BCUT2D eigenvalue weighted by molar-refractivity contribution is 6.30. The van der Waals surface area contributed by atoms with Gasteiger partial charge in [0.1, 0.15) is 6.04 Å². The maximum atomic E-state index is 12.9. The van der Waals surface area contributed by atoms with Gasteiger partial charge in [0.05, 0.1) is 0 Å². The van der Waals surface area contributed by atoms with E-state index < -0.39 is 6.04 Å². The largest absolute Gasteiger partial charge is 0.344 e. The van der Waals surface area contributed by atoms with Crippen LogP contribution in [0.3, 0.4) is 0 Å². The van der Waals surface area contributed by atoms with Gasteiger partial charge in [-0.25, -0.2) is 0 Å². The van der Waals surface area contributed by atoms with E-state index in [4.69, 9.17) is 11.6 Å². The summed E-state index contributed by atoms with van der Waals surface area (Å²) in [5.74, 6) is 0.302. The van der Waals surface area contributed by atoms with Crippen LogP contribution >= 0.6 is 11.6 Å². The average Bonchev–Trinajstić information content (AvgIpc) is 3.25. The fraction of sp³-hybridized carbons (Fsp3) is 0.667. The van der Waals surface area contributed by atoms with E-state index in [0.29, 0.717) is 19.0 Å². The van der Waals surface area contributed by atoms with Gasteiger partial charge in [0.15, 0.2) is 0 Å². The van der Waals surface area contributed by atoms with Crippen molar-refractivity contribution in [3.05, 3.63) is 34.9 Å². The molecule has 2 aliphatic heterocycles. The summed E-state index contributed by atoms with van der Waals surface area (Å²) in [6.45, 7) is 13.7. The van der Waals surface area contributed by atoms with Crippen molar-refractivity contribution in [2.75, 3.05) is 26.2 Å². The molecule has 0 bridgehead atoms. The Morgan fingerprint density at radius 2 is 1.77 bits per heavy atom. The highest BCUT2D eigenvalue weighted by atomic mass is 35.5. The number of rotatable bonds is 4. The van der Waals surface area contributed by atoms with E-state index in [0.717, 1.165) is 11.4 Å². The van der Waals surface area contributed by atoms with E-state index in [9.17, 15) is 9.59 Å². The zero-order valence-electron chi connectivity index (χ0n) is 19.1. The van der Waals surface area contributed by atoms with Crippen LogP contribution < -0.4 is 10.6 Å². The number of nitrogens with zero attached hydrogens (tertiary/aromatic N) is 1. The summed E-state index contributed by atoms with van der Waals surface area (Å²) in [4.78, 5) is 26.3. The van der Waals surface area contributed by atoms with Crippen molar-refractivity contribution in [1.82, 2.24) is 15.5 Å². The minimum Gasteiger partial charge on any atom is -0.344 e. The molecular formula is C24H38ClN3O2. The van der Waals surface area contributed by atoms with Gasteiger partial charge in [-0.05, 0) is 67.3 Å². The first-order chi connectivity index (χ1) is 14.1. The third kappa shape index (κ3) is 6.98. The molecule has 2 fully saturated rings. The van der Waals surface area contributed by atoms with Gasteiger partial charge in [-0.15, -0.1) is 0 Å². The molecule has 168 valence electrons. The van der Waals surface area contributed by atoms with Gasteiger partial charge in [0.25, 0.3) is 0 Å². The van der Waals surface area contributed by atoms with Crippen molar-refractivity contribution in [3.8, 4) is 0 Å². The molecule has 2 aliphatic rings. The van der Waals surface area contributed by atoms with Crippen molar-refractivity contribution in [2.24, 2.45) is 11.3 Å². The molecule has 0 aliphatic carbocycles. The van der Waals surface area contributed by atoms with Crippen molar-refractivity contribution >= 4 is 23.4 Å². The third-order valence-electron chi connectivity index (χ3n) is 6.06. The fourth-order valence-electron chi connectivity index (χ4n) is 4.41. The molecule has 2 unspecified atom stereocenters. The number of hydrogen-bond acceptors (Lipinski definition) is 3. The van der Waals surface area contributed by atoms with Crippen molar-refractivity contribution < 1.29 is 9.59 Å². The molecule has 2 N–H and O–H groups in total.